The number of anilines is 2. The van der Waals surface area contributed by atoms with Crippen molar-refractivity contribution in [1.82, 2.24) is 23.9 Å². The molecular formula is C25H38F3N9O2S. The van der Waals surface area contributed by atoms with Crippen molar-refractivity contribution in [1.29, 1.82) is 0 Å². The molecule has 0 radical (unpaired) electrons. The quantitative estimate of drug-likeness (QED) is 0.387. The molecule has 0 bridgehead atoms. The molecule has 11 nitrogen and oxygen atoms in total. The molecule has 0 saturated carbocycles. The number of sulfonamides is 1. The summed E-state index contributed by atoms with van der Waals surface area (Å²) in [5, 5.41) is 14.6. The largest absolute Gasteiger partial charge is 0.371 e. The summed E-state index contributed by atoms with van der Waals surface area (Å²) in [7, 11) is -0.208. The van der Waals surface area contributed by atoms with Gasteiger partial charge in [0.2, 0.25) is 16.0 Å². The molecule has 0 spiro atoms. The Balaban J connectivity index is 0.000000278. The van der Waals surface area contributed by atoms with Crippen LogP contribution in [0.25, 0.3) is 16.8 Å². The molecule has 1 unspecified atom stereocenters. The van der Waals surface area contributed by atoms with Crippen LogP contribution in [0.15, 0.2) is 28.6 Å². The molecule has 40 heavy (non-hydrogen) atoms. The highest BCUT2D eigenvalue weighted by Crippen LogP contribution is 2.34. The first-order valence-electron chi connectivity index (χ1n) is 12.8. The second-order valence-electron chi connectivity index (χ2n) is 9.36. The maximum Gasteiger partial charge on any atom is 0.264 e. The van der Waals surface area contributed by atoms with Crippen molar-refractivity contribution in [2.75, 3.05) is 44.5 Å². The van der Waals surface area contributed by atoms with Gasteiger partial charge >= 0.3 is 0 Å². The van der Waals surface area contributed by atoms with Crippen molar-refractivity contribution in [3.63, 3.8) is 0 Å². The Kier molecular flexibility index (Phi) is 11.4. The van der Waals surface area contributed by atoms with Crippen molar-refractivity contribution in [3.8, 4) is 11.3 Å². The Morgan fingerprint density at radius 1 is 1.23 bits per heavy atom. The number of hydrogen-bond donors (Lipinski definition) is 2. The Morgan fingerprint density at radius 3 is 2.38 bits per heavy atom. The first-order chi connectivity index (χ1) is 18.7. The minimum Gasteiger partial charge on any atom is -0.371 e. The predicted molar refractivity (Wildman–Crippen MR) is 151 cm³/mol. The van der Waals surface area contributed by atoms with E-state index in [-0.39, 0.29) is 18.9 Å². The summed E-state index contributed by atoms with van der Waals surface area (Å²) >= 11 is 0. The molecule has 1 atom stereocenters. The molecule has 1 fully saturated rings. The van der Waals surface area contributed by atoms with E-state index in [1.165, 1.54) is 30.5 Å². The normalized spacial score (nSPS) is 17.2. The maximum atomic E-state index is 14.5. The second-order valence-corrected chi connectivity index (χ2v) is 11.3. The monoisotopic (exact) mass is 585 g/mol. The van der Waals surface area contributed by atoms with Gasteiger partial charge in [0.05, 0.1) is 35.9 Å². The van der Waals surface area contributed by atoms with Gasteiger partial charge in [0, 0.05) is 26.6 Å². The number of nitrogens with zero attached hydrogens (tertiary/aromatic N) is 7. The van der Waals surface area contributed by atoms with Gasteiger partial charge in [-0.2, -0.15) is 19.5 Å². The average Bonchev–Trinajstić information content (AvgIpc) is 3.21. The number of fused-ring (bicyclic) bond motifs is 1. The number of halogens is 3. The number of azo groups is 1. The lowest BCUT2D eigenvalue weighted by Crippen LogP contribution is -2.49. The van der Waals surface area contributed by atoms with Crippen LogP contribution < -0.4 is 11.1 Å². The van der Waals surface area contributed by atoms with Gasteiger partial charge in [-0.05, 0) is 25.5 Å². The van der Waals surface area contributed by atoms with Gasteiger partial charge in [-0.1, -0.05) is 33.6 Å². The van der Waals surface area contributed by atoms with Crippen LogP contribution >= 0.6 is 0 Å². The molecule has 3 aromatic rings. The van der Waals surface area contributed by atoms with Crippen LogP contribution in [0.3, 0.4) is 0 Å². The maximum absolute atomic E-state index is 14.5. The third kappa shape index (κ3) is 8.10. The summed E-state index contributed by atoms with van der Waals surface area (Å²) in [6.45, 7) is 7.12. The number of alkyl halides is 2. The summed E-state index contributed by atoms with van der Waals surface area (Å²) in [6, 6.07) is 3.43. The van der Waals surface area contributed by atoms with Crippen molar-refractivity contribution in [3.05, 3.63) is 29.8 Å². The highest BCUT2D eigenvalue weighted by atomic mass is 32.2. The van der Waals surface area contributed by atoms with Crippen molar-refractivity contribution < 1.29 is 21.6 Å². The number of unbranched alkanes of at least 4 members (excludes halogenated alkanes) is 1. The minimum atomic E-state index is -3.47. The summed E-state index contributed by atoms with van der Waals surface area (Å²) < 4.78 is 64.8. The Labute approximate surface area is 233 Å². The topological polar surface area (TPSA) is 143 Å². The van der Waals surface area contributed by atoms with E-state index in [1.54, 1.807) is 33.2 Å². The molecule has 1 saturated heterocycles. The van der Waals surface area contributed by atoms with Crippen LogP contribution in [-0.2, 0) is 10.0 Å². The van der Waals surface area contributed by atoms with Crippen LogP contribution in [0.2, 0.25) is 0 Å². The summed E-state index contributed by atoms with van der Waals surface area (Å²) in [5.74, 6) is -3.61. The lowest BCUT2D eigenvalue weighted by molar-refractivity contribution is -0.0863. The number of rotatable bonds is 5. The number of aryl methyl sites for hydroxylation is 1. The molecule has 0 aliphatic carbocycles. The van der Waals surface area contributed by atoms with Gasteiger partial charge in [-0.15, -0.1) is 5.10 Å². The summed E-state index contributed by atoms with van der Waals surface area (Å²) in [6.07, 6.45) is 5.07. The highest BCUT2D eigenvalue weighted by molar-refractivity contribution is 7.88. The van der Waals surface area contributed by atoms with E-state index >= 15 is 0 Å². The van der Waals surface area contributed by atoms with Crippen molar-refractivity contribution in [2.45, 2.75) is 52.9 Å². The number of nitrogens with one attached hydrogen (secondary N) is 1. The first-order valence-corrected chi connectivity index (χ1v) is 14.7. The first kappa shape index (κ1) is 32.9. The smallest absolute Gasteiger partial charge is 0.264 e. The molecule has 4 heterocycles. The molecule has 222 valence electrons. The molecule has 3 aromatic heterocycles. The van der Waals surface area contributed by atoms with E-state index in [2.05, 4.69) is 44.5 Å². The van der Waals surface area contributed by atoms with Crippen LogP contribution in [0.5, 0.6) is 0 Å². The molecule has 3 N–H and O–H groups in total. The SMILES string of the molecule is CC1CCN(S(C)(=O)=O)CC1(F)F.CCCC.CN=Nc1ccc(-c2c(F)cn3nc(N)nc(NC)c23)nc1C. The standard InChI is InChI=1S/C14H15FN8.C7H13F2NO2S.C4H10/c1-7-9(21-18-3)4-5-10(19-7)11-8(15)6-23-12(11)13(17-2)20-14(16)22-23;1-6-3-4-10(13(2,11)12)5-7(6,8)9;1-3-4-2/h4-6H,1-3H3,(H3,16,17,20,22);6H,3-5H2,1-2H3;3-4H2,1-2H3. The number of pyridine rings is 1. The molecule has 4 rings (SSSR count). The summed E-state index contributed by atoms with van der Waals surface area (Å²) in [5.41, 5.74) is 8.15. The molecule has 15 heteroatoms. The third-order valence-corrected chi connectivity index (χ3v) is 7.50. The fourth-order valence-corrected chi connectivity index (χ4v) is 4.54. The predicted octanol–water partition coefficient (Wildman–Crippen LogP) is 5.31. The summed E-state index contributed by atoms with van der Waals surface area (Å²) in [4.78, 5) is 8.52. The molecular weight excluding hydrogens is 547 g/mol. The number of nitrogen functional groups attached to an aromatic ring is 1. The van der Waals surface area contributed by atoms with Crippen LogP contribution in [0, 0.1) is 18.7 Å². The molecule has 0 aromatic carbocycles. The van der Waals surface area contributed by atoms with E-state index in [0.717, 1.165) is 10.6 Å². The number of aromatic nitrogens is 4. The van der Waals surface area contributed by atoms with Crippen LogP contribution in [0.1, 0.15) is 45.7 Å². The lowest BCUT2D eigenvalue weighted by atomic mass is 9.96. The lowest BCUT2D eigenvalue weighted by Gasteiger charge is -2.35. The van der Waals surface area contributed by atoms with Gasteiger partial charge in [0.1, 0.15) is 11.2 Å². The minimum absolute atomic E-state index is 0.0474. The second kappa shape index (κ2) is 13.8. The van der Waals surface area contributed by atoms with Crippen molar-refractivity contribution in [2.24, 2.45) is 16.1 Å². The zero-order chi connectivity index (χ0) is 30.3. The highest BCUT2D eigenvalue weighted by Gasteiger charge is 2.44. The fourth-order valence-electron chi connectivity index (χ4n) is 3.70. The number of nitrogens with two attached hydrogens (primary N) is 1. The van der Waals surface area contributed by atoms with E-state index in [0.29, 0.717) is 34.0 Å². The average molecular weight is 586 g/mol. The number of hydrogen-bond acceptors (Lipinski definition) is 9. The van der Waals surface area contributed by atoms with Crippen molar-refractivity contribution >= 4 is 33.0 Å². The fraction of sp³-hybridized carbons (Fsp3) is 0.560. The third-order valence-electron chi connectivity index (χ3n) is 6.25. The van der Waals surface area contributed by atoms with E-state index < -0.39 is 34.2 Å². The van der Waals surface area contributed by atoms with Gasteiger partial charge in [-0.3, -0.25) is 4.98 Å². The van der Waals surface area contributed by atoms with Gasteiger partial charge < -0.3 is 11.1 Å². The number of piperidine rings is 1. The van der Waals surface area contributed by atoms with E-state index in [9.17, 15) is 21.6 Å². The zero-order valence-electron chi connectivity index (χ0n) is 23.9. The Morgan fingerprint density at radius 2 is 1.88 bits per heavy atom. The van der Waals surface area contributed by atoms with Crippen LogP contribution in [0.4, 0.5) is 30.6 Å². The van der Waals surface area contributed by atoms with E-state index in [1.807, 2.05) is 0 Å². The van der Waals surface area contributed by atoms with Crippen LogP contribution in [-0.4, -0.2) is 71.7 Å². The van der Waals surface area contributed by atoms with Gasteiger partial charge in [0.15, 0.2) is 11.6 Å². The molecule has 0 amide bonds. The Hall–Kier alpha value is -3.33. The zero-order valence-corrected chi connectivity index (χ0v) is 24.7. The molecule has 1 aliphatic heterocycles. The molecule has 1 aliphatic rings. The van der Waals surface area contributed by atoms with Gasteiger partial charge in [0.25, 0.3) is 5.92 Å². The Bertz CT molecular complexity index is 1430. The van der Waals surface area contributed by atoms with E-state index in [4.69, 9.17) is 5.73 Å². The van der Waals surface area contributed by atoms with Gasteiger partial charge in [-0.25, -0.2) is 26.1 Å².